The van der Waals surface area contributed by atoms with Crippen molar-refractivity contribution in [2.75, 3.05) is 6.61 Å². The third-order valence-corrected chi connectivity index (χ3v) is 6.19. The van der Waals surface area contributed by atoms with Gasteiger partial charge in [0.15, 0.2) is 0 Å². The van der Waals surface area contributed by atoms with E-state index in [2.05, 4.69) is 50.4 Å². The Hall–Kier alpha value is -0.670. The Morgan fingerprint density at radius 2 is 1.27 bits per heavy atom. The summed E-state index contributed by atoms with van der Waals surface area (Å²) >= 11 is 0. The van der Waals surface area contributed by atoms with Crippen LogP contribution in [0.1, 0.15) is 115 Å². The van der Waals surface area contributed by atoms with Crippen molar-refractivity contribution >= 4 is 7.82 Å². The van der Waals surface area contributed by atoms with Gasteiger partial charge < -0.3 is 9.79 Å². The van der Waals surface area contributed by atoms with Gasteiger partial charge in [-0.05, 0) is 42.7 Å². The minimum Gasteiger partial charge on any atom is -0.303 e. The first-order valence-electron chi connectivity index (χ1n) is 11.9. The van der Waals surface area contributed by atoms with Crippen molar-refractivity contribution in [2.45, 2.75) is 117 Å². The van der Waals surface area contributed by atoms with E-state index < -0.39 is 7.82 Å². The van der Waals surface area contributed by atoms with Crippen LogP contribution in [0.2, 0.25) is 0 Å². The summed E-state index contributed by atoms with van der Waals surface area (Å²) in [6.07, 6.45) is 15.8. The predicted octanol–water partition coefficient (Wildman–Crippen LogP) is 7.63. The molecule has 0 aliphatic rings. The smallest absolute Gasteiger partial charge is 0.303 e. The van der Waals surface area contributed by atoms with Gasteiger partial charge in [0, 0.05) is 0 Å². The van der Waals surface area contributed by atoms with Crippen molar-refractivity contribution in [1.82, 2.24) is 0 Å². The van der Waals surface area contributed by atoms with E-state index in [4.69, 9.17) is 9.79 Å². The molecule has 30 heavy (non-hydrogen) atoms. The van der Waals surface area contributed by atoms with Gasteiger partial charge in [0.1, 0.15) is 0 Å². The van der Waals surface area contributed by atoms with Crippen LogP contribution in [0.4, 0.5) is 0 Å². The molecular formula is C25H45O4P. The normalized spacial score (nSPS) is 12.5. The molecule has 4 nitrogen and oxygen atoms in total. The maximum absolute atomic E-state index is 10.5. The van der Waals surface area contributed by atoms with Crippen molar-refractivity contribution in [3.05, 3.63) is 34.9 Å². The molecule has 1 rings (SSSR count). The highest BCUT2D eigenvalue weighted by molar-refractivity contribution is 7.46. The Labute approximate surface area is 185 Å². The summed E-state index contributed by atoms with van der Waals surface area (Å²) in [5.41, 5.74) is 4.62. The summed E-state index contributed by atoms with van der Waals surface area (Å²) in [4.78, 5) is 17.2. The molecule has 0 bridgehead atoms. The molecule has 0 heterocycles. The molecule has 5 heteroatoms. The SMILES string of the molecule is Cc1ccc(CCCCCCCCCCCCCCOP(=O)(O)O)c(C(C)(C)C)c1. The fourth-order valence-corrected chi connectivity index (χ4v) is 4.34. The number of aryl methyl sites for hydroxylation is 2. The lowest BCUT2D eigenvalue weighted by molar-refractivity contribution is 0.193. The Morgan fingerprint density at radius 1 is 0.800 bits per heavy atom. The Morgan fingerprint density at radius 3 is 1.73 bits per heavy atom. The highest BCUT2D eigenvalue weighted by Gasteiger charge is 2.17. The van der Waals surface area contributed by atoms with E-state index in [0.717, 1.165) is 19.3 Å². The quantitative estimate of drug-likeness (QED) is 0.205. The second-order valence-electron chi connectivity index (χ2n) is 9.73. The van der Waals surface area contributed by atoms with E-state index in [-0.39, 0.29) is 12.0 Å². The van der Waals surface area contributed by atoms with Crippen molar-refractivity contribution in [3.8, 4) is 0 Å². The third-order valence-electron chi connectivity index (χ3n) is 5.67. The molecule has 0 aliphatic heterocycles. The van der Waals surface area contributed by atoms with Gasteiger partial charge in [-0.25, -0.2) is 4.57 Å². The molecule has 0 saturated heterocycles. The van der Waals surface area contributed by atoms with Gasteiger partial charge in [-0.1, -0.05) is 109 Å². The zero-order valence-corrected chi connectivity index (χ0v) is 20.7. The topological polar surface area (TPSA) is 66.8 Å². The monoisotopic (exact) mass is 440 g/mol. The fourth-order valence-electron chi connectivity index (χ4n) is 3.98. The van der Waals surface area contributed by atoms with Crippen molar-refractivity contribution in [1.29, 1.82) is 0 Å². The standard InChI is InChI=1S/C25H45O4P/c1-22-18-19-23(24(21-22)25(2,3)4)17-15-13-11-9-7-5-6-8-10-12-14-16-20-29-30(26,27)28/h18-19,21H,5-17,20H2,1-4H3,(H2,26,27,28). The second-order valence-corrected chi connectivity index (χ2v) is 11.0. The lowest BCUT2D eigenvalue weighted by Crippen LogP contribution is -2.14. The molecule has 0 saturated carbocycles. The van der Waals surface area contributed by atoms with Crippen LogP contribution in [0.3, 0.4) is 0 Å². The summed E-state index contributed by atoms with van der Waals surface area (Å²) < 4.78 is 15.0. The first-order chi connectivity index (χ1) is 14.1. The van der Waals surface area contributed by atoms with E-state index in [1.165, 1.54) is 80.9 Å². The van der Waals surface area contributed by atoms with Crippen LogP contribution in [0, 0.1) is 6.92 Å². The predicted molar refractivity (Wildman–Crippen MR) is 127 cm³/mol. The van der Waals surface area contributed by atoms with Gasteiger partial charge >= 0.3 is 7.82 Å². The number of phosphoric acid groups is 1. The van der Waals surface area contributed by atoms with Gasteiger partial charge in [0.25, 0.3) is 0 Å². The molecule has 0 aliphatic carbocycles. The number of rotatable bonds is 16. The van der Waals surface area contributed by atoms with Crippen LogP contribution in [-0.2, 0) is 20.9 Å². The van der Waals surface area contributed by atoms with Crippen LogP contribution in [-0.4, -0.2) is 16.4 Å². The highest BCUT2D eigenvalue weighted by atomic mass is 31.2. The zero-order valence-electron chi connectivity index (χ0n) is 19.8. The van der Waals surface area contributed by atoms with Crippen molar-refractivity contribution in [3.63, 3.8) is 0 Å². The molecule has 0 radical (unpaired) electrons. The van der Waals surface area contributed by atoms with Gasteiger partial charge in [-0.3, -0.25) is 4.52 Å². The Kier molecular flexibility index (Phi) is 13.1. The molecule has 0 atom stereocenters. The minimum atomic E-state index is -4.28. The van der Waals surface area contributed by atoms with Crippen molar-refractivity contribution in [2.24, 2.45) is 0 Å². The lowest BCUT2D eigenvalue weighted by atomic mass is 9.81. The molecule has 0 aromatic heterocycles. The molecule has 0 unspecified atom stereocenters. The van der Waals surface area contributed by atoms with Crippen LogP contribution < -0.4 is 0 Å². The first kappa shape index (κ1) is 27.4. The molecular weight excluding hydrogens is 395 g/mol. The molecule has 2 N–H and O–H groups in total. The van der Waals surface area contributed by atoms with Gasteiger partial charge in [-0.2, -0.15) is 0 Å². The van der Waals surface area contributed by atoms with Gasteiger partial charge in [0.2, 0.25) is 0 Å². The molecule has 0 spiro atoms. The maximum Gasteiger partial charge on any atom is 0.469 e. The van der Waals surface area contributed by atoms with E-state index in [0.29, 0.717) is 0 Å². The number of hydrogen-bond donors (Lipinski definition) is 2. The summed E-state index contributed by atoms with van der Waals surface area (Å²) in [6.45, 7) is 9.28. The number of unbranched alkanes of at least 4 members (excludes halogenated alkanes) is 11. The maximum atomic E-state index is 10.5. The molecule has 0 fully saturated rings. The van der Waals surface area contributed by atoms with Crippen molar-refractivity contribution < 1.29 is 18.9 Å². The number of phosphoric ester groups is 1. The lowest BCUT2D eigenvalue weighted by Gasteiger charge is -2.23. The third kappa shape index (κ3) is 13.6. The van der Waals surface area contributed by atoms with Crippen LogP contribution in [0.5, 0.6) is 0 Å². The zero-order chi connectivity index (χ0) is 22.5. The van der Waals surface area contributed by atoms with E-state index in [1.54, 1.807) is 0 Å². The van der Waals surface area contributed by atoms with E-state index >= 15 is 0 Å². The molecule has 0 amide bonds. The summed E-state index contributed by atoms with van der Waals surface area (Å²) in [5.74, 6) is 0. The average molecular weight is 441 g/mol. The second kappa shape index (κ2) is 14.4. The largest absolute Gasteiger partial charge is 0.469 e. The number of benzene rings is 1. The summed E-state index contributed by atoms with van der Waals surface area (Å²) in [7, 11) is -4.28. The van der Waals surface area contributed by atoms with Crippen LogP contribution in [0.25, 0.3) is 0 Å². The van der Waals surface area contributed by atoms with Crippen LogP contribution in [0.15, 0.2) is 18.2 Å². The fraction of sp³-hybridized carbons (Fsp3) is 0.760. The first-order valence-corrected chi connectivity index (χ1v) is 13.4. The Bertz CT molecular complexity index is 631. The summed E-state index contributed by atoms with van der Waals surface area (Å²) in [5, 5.41) is 0. The van der Waals surface area contributed by atoms with E-state index in [1.807, 2.05) is 0 Å². The Balaban J connectivity index is 1.97. The van der Waals surface area contributed by atoms with Gasteiger partial charge in [-0.15, -0.1) is 0 Å². The van der Waals surface area contributed by atoms with E-state index in [9.17, 15) is 4.57 Å². The molecule has 174 valence electrons. The number of hydrogen-bond acceptors (Lipinski definition) is 2. The van der Waals surface area contributed by atoms with Gasteiger partial charge in [0.05, 0.1) is 6.61 Å². The summed E-state index contributed by atoms with van der Waals surface area (Å²) in [6, 6.07) is 6.95. The average Bonchev–Trinajstić information content (AvgIpc) is 2.64. The highest BCUT2D eigenvalue weighted by Crippen LogP contribution is 2.35. The van der Waals surface area contributed by atoms with Crippen LogP contribution >= 0.6 is 7.82 Å². The minimum absolute atomic E-state index is 0.158. The molecule has 1 aromatic carbocycles. The molecule has 1 aromatic rings.